The average molecular weight is 236 g/mol. The van der Waals surface area contributed by atoms with Crippen LogP contribution in [0.3, 0.4) is 0 Å². The van der Waals surface area contributed by atoms with Crippen molar-refractivity contribution in [3.63, 3.8) is 0 Å². The van der Waals surface area contributed by atoms with E-state index in [0.29, 0.717) is 0 Å². The molecule has 0 radical (unpaired) electrons. The molecule has 2 aliphatic carbocycles. The minimum Gasteiger partial charge on any atom is -0.312 e. The molecule has 0 amide bonds. The van der Waals surface area contributed by atoms with Gasteiger partial charge in [0.25, 0.3) is 0 Å². The van der Waals surface area contributed by atoms with Crippen LogP contribution in [0.15, 0.2) is 0 Å². The van der Waals surface area contributed by atoms with Gasteiger partial charge in [-0.1, -0.05) is 19.8 Å². The Morgan fingerprint density at radius 1 is 1.00 bits per heavy atom. The van der Waals surface area contributed by atoms with Crippen LogP contribution in [-0.4, -0.2) is 36.6 Å². The molecule has 17 heavy (non-hydrogen) atoms. The lowest BCUT2D eigenvalue weighted by Crippen LogP contribution is -2.47. The van der Waals surface area contributed by atoms with E-state index in [0.717, 1.165) is 23.9 Å². The molecule has 0 spiro atoms. The molecule has 0 aromatic heterocycles. The average Bonchev–Trinajstić information content (AvgIpc) is 3.16. The predicted octanol–water partition coefficient (Wildman–Crippen LogP) is 2.64. The van der Waals surface area contributed by atoms with Gasteiger partial charge in [0, 0.05) is 18.6 Å². The summed E-state index contributed by atoms with van der Waals surface area (Å²) in [6.45, 7) is 6.40. The number of rotatable bonds is 2. The van der Waals surface area contributed by atoms with Crippen molar-refractivity contribution in [3.8, 4) is 0 Å². The van der Waals surface area contributed by atoms with Crippen LogP contribution in [-0.2, 0) is 0 Å². The van der Waals surface area contributed by atoms with E-state index in [4.69, 9.17) is 0 Å². The lowest BCUT2D eigenvalue weighted by molar-refractivity contribution is 0.107. The molecule has 3 fully saturated rings. The summed E-state index contributed by atoms with van der Waals surface area (Å²) < 4.78 is 0. The molecule has 3 unspecified atom stereocenters. The van der Waals surface area contributed by atoms with Crippen LogP contribution in [0.1, 0.15) is 51.9 Å². The van der Waals surface area contributed by atoms with Crippen LogP contribution in [0.5, 0.6) is 0 Å². The Morgan fingerprint density at radius 3 is 2.59 bits per heavy atom. The van der Waals surface area contributed by atoms with Crippen molar-refractivity contribution in [1.82, 2.24) is 10.2 Å². The van der Waals surface area contributed by atoms with Gasteiger partial charge in [-0.15, -0.1) is 0 Å². The highest BCUT2D eigenvalue weighted by molar-refractivity contribution is 4.92. The first-order chi connectivity index (χ1) is 8.34. The first kappa shape index (κ1) is 12.0. The smallest absolute Gasteiger partial charge is 0.0223 e. The van der Waals surface area contributed by atoms with Crippen molar-refractivity contribution < 1.29 is 0 Å². The summed E-state index contributed by atoms with van der Waals surface area (Å²) in [7, 11) is 0. The second kappa shape index (κ2) is 5.27. The standard InChI is InChI=1S/C15H28N2/c1-12-5-2-3-6-15(12)17-10-4-9-16-14(11-17)13-7-8-13/h12-16H,2-11H2,1H3. The molecule has 1 saturated heterocycles. The van der Waals surface area contributed by atoms with Gasteiger partial charge < -0.3 is 5.32 Å². The second-order valence-corrected chi connectivity index (χ2v) is 6.58. The van der Waals surface area contributed by atoms with Crippen LogP contribution in [0.25, 0.3) is 0 Å². The van der Waals surface area contributed by atoms with E-state index < -0.39 is 0 Å². The molecule has 1 heterocycles. The zero-order valence-electron chi connectivity index (χ0n) is 11.3. The number of hydrogen-bond donors (Lipinski definition) is 1. The van der Waals surface area contributed by atoms with Gasteiger partial charge in [-0.05, 0) is 57.0 Å². The molecule has 3 aliphatic rings. The molecule has 2 saturated carbocycles. The van der Waals surface area contributed by atoms with E-state index in [1.807, 2.05) is 0 Å². The van der Waals surface area contributed by atoms with Gasteiger partial charge in [-0.25, -0.2) is 0 Å². The first-order valence-corrected chi connectivity index (χ1v) is 7.82. The van der Waals surface area contributed by atoms with Gasteiger partial charge >= 0.3 is 0 Å². The number of nitrogens with zero attached hydrogens (tertiary/aromatic N) is 1. The van der Waals surface area contributed by atoms with Crippen LogP contribution >= 0.6 is 0 Å². The highest BCUT2D eigenvalue weighted by Gasteiger charge is 2.36. The summed E-state index contributed by atoms with van der Waals surface area (Å²) in [5, 5.41) is 3.79. The molecule has 3 rings (SSSR count). The molecule has 2 nitrogen and oxygen atoms in total. The van der Waals surface area contributed by atoms with E-state index in [2.05, 4.69) is 17.1 Å². The van der Waals surface area contributed by atoms with Gasteiger partial charge in [0.15, 0.2) is 0 Å². The minimum absolute atomic E-state index is 0.812. The van der Waals surface area contributed by atoms with E-state index >= 15 is 0 Å². The Bertz CT molecular complexity index is 249. The van der Waals surface area contributed by atoms with Crippen LogP contribution in [0.2, 0.25) is 0 Å². The third-order valence-corrected chi connectivity index (χ3v) is 5.19. The summed E-state index contributed by atoms with van der Waals surface area (Å²) >= 11 is 0. The van der Waals surface area contributed by atoms with Crippen molar-refractivity contribution in [2.24, 2.45) is 11.8 Å². The van der Waals surface area contributed by atoms with Gasteiger partial charge in [0.1, 0.15) is 0 Å². The molecule has 3 atom stereocenters. The zero-order chi connectivity index (χ0) is 11.7. The normalized spacial score (nSPS) is 41.1. The quantitative estimate of drug-likeness (QED) is 0.793. The maximum atomic E-state index is 3.79. The Labute approximate surface area is 106 Å². The van der Waals surface area contributed by atoms with Crippen LogP contribution < -0.4 is 5.32 Å². The zero-order valence-corrected chi connectivity index (χ0v) is 11.3. The van der Waals surface area contributed by atoms with Gasteiger partial charge in [0.05, 0.1) is 0 Å². The van der Waals surface area contributed by atoms with E-state index in [9.17, 15) is 0 Å². The highest BCUT2D eigenvalue weighted by Crippen LogP contribution is 2.35. The number of hydrogen-bond acceptors (Lipinski definition) is 2. The molecular weight excluding hydrogens is 208 g/mol. The lowest BCUT2D eigenvalue weighted by Gasteiger charge is -2.39. The maximum absolute atomic E-state index is 3.79. The molecule has 98 valence electrons. The van der Waals surface area contributed by atoms with Crippen molar-refractivity contribution >= 4 is 0 Å². The van der Waals surface area contributed by atoms with Crippen LogP contribution in [0, 0.1) is 11.8 Å². The van der Waals surface area contributed by atoms with Gasteiger partial charge in [-0.3, -0.25) is 4.90 Å². The van der Waals surface area contributed by atoms with Crippen LogP contribution in [0.4, 0.5) is 0 Å². The lowest BCUT2D eigenvalue weighted by atomic mass is 9.84. The summed E-state index contributed by atoms with van der Waals surface area (Å²) in [4.78, 5) is 2.84. The molecule has 0 aromatic carbocycles. The fourth-order valence-electron chi connectivity index (χ4n) is 3.93. The third kappa shape index (κ3) is 2.85. The van der Waals surface area contributed by atoms with Crippen molar-refractivity contribution in [2.45, 2.75) is 64.0 Å². The van der Waals surface area contributed by atoms with E-state index in [-0.39, 0.29) is 0 Å². The van der Waals surface area contributed by atoms with E-state index in [1.165, 1.54) is 64.6 Å². The molecule has 1 N–H and O–H groups in total. The largest absolute Gasteiger partial charge is 0.312 e. The van der Waals surface area contributed by atoms with Crippen molar-refractivity contribution in [2.75, 3.05) is 19.6 Å². The fraction of sp³-hybridized carbons (Fsp3) is 1.00. The topological polar surface area (TPSA) is 15.3 Å². The van der Waals surface area contributed by atoms with Crippen molar-refractivity contribution in [3.05, 3.63) is 0 Å². The summed E-state index contributed by atoms with van der Waals surface area (Å²) in [6, 6.07) is 1.71. The fourth-order valence-corrected chi connectivity index (χ4v) is 3.93. The number of nitrogens with one attached hydrogen (secondary N) is 1. The second-order valence-electron chi connectivity index (χ2n) is 6.58. The molecule has 1 aliphatic heterocycles. The Kier molecular flexibility index (Phi) is 3.72. The van der Waals surface area contributed by atoms with Crippen molar-refractivity contribution in [1.29, 1.82) is 0 Å². The predicted molar refractivity (Wildman–Crippen MR) is 72.1 cm³/mol. The molecule has 0 aromatic rings. The summed E-state index contributed by atoms with van der Waals surface area (Å²) in [5.74, 6) is 1.94. The highest BCUT2D eigenvalue weighted by atomic mass is 15.2. The monoisotopic (exact) mass is 236 g/mol. The first-order valence-electron chi connectivity index (χ1n) is 7.82. The molecule has 2 heteroatoms. The Morgan fingerprint density at radius 2 is 1.82 bits per heavy atom. The van der Waals surface area contributed by atoms with Gasteiger partial charge in [-0.2, -0.15) is 0 Å². The third-order valence-electron chi connectivity index (χ3n) is 5.19. The van der Waals surface area contributed by atoms with E-state index in [1.54, 1.807) is 0 Å². The summed E-state index contributed by atoms with van der Waals surface area (Å²) in [5.41, 5.74) is 0. The Balaban J connectivity index is 1.63. The minimum atomic E-state index is 0.812. The van der Waals surface area contributed by atoms with Gasteiger partial charge in [0.2, 0.25) is 0 Å². The SMILES string of the molecule is CC1CCCCC1N1CCCNC(C2CC2)C1. The molecule has 0 bridgehead atoms. The maximum Gasteiger partial charge on any atom is 0.0223 e. The summed E-state index contributed by atoms with van der Waals surface area (Å²) in [6.07, 6.45) is 10.2. The Hall–Kier alpha value is -0.0800. The molecular formula is C15H28N2.